The number of Topliss-reactive ketones (excluding diaryl/α,β-unsaturated/α-hetero) is 1. The van der Waals surface area contributed by atoms with Crippen LogP contribution in [0.4, 0.5) is 0 Å². The Balaban J connectivity index is 3.32. The van der Waals surface area contributed by atoms with Gasteiger partial charge in [0.25, 0.3) is 0 Å². The summed E-state index contributed by atoms with van der Waals surface area (Å²) in [7, 11) is 0. The number of unbranched alkanes of at least 4 members (excludes halogenated alkanes) is 1. The number of terminal acetylenes is 1. The Hall–Kier alpha value is -0.770. The number of ketones is 1. The highest BCUT2D eigenvalue weighted by Crippen LogP contribution is 2.07. The quantitative estimate of drug-likeness (QED) is 0.429. The smallest absolute Gasteiger partial charge is 0.132 e. The largest absolute Gasteiger partial charge is 0.300 e. The molecule has 0 aromatic rings. The van der Waals surface area contributed by atoms with E-state index in [2.05, 4.69) is 5.92 Å². The zero-order chi connectivity index (χ0) is 7.98. The van der Waals surface area contributed by atoms with Gasteiger partial charge in [-0.3, -0.25) is 4.79 Å². The molecule has 0 aromatic heterocycles. The molecular formula is C9H14O. The van der Waals surface area contributed by atoms with E-state index in [4.69, 9.17) is 6.42 Å². The van der Waals surface area contributed by atoms with Crippen molar-refractivity contribution in [1.82, 2.24) is 0 Å². The van der Waals surface area contributed by atoms with Gasteiger partial charge in [0.1, 0.15) is 5.78 Å². The minimum Gasteiger partial charge on any atom is -0.300 e. The van der Waals surface area contributed by atoms with Gasteiger partial charge in [-0.15, -0.1) is 12.3 Å². The fraction of sp³-hybridized carbons (Fsp3) is 0.667. The lowest BCUT2D eigenvalue weighted by Gasteiger charge is -2.03. The summed E-state index contributed by atoms with van der Waals surface area (Å²) >= 11 is 0. The average Bonchev–Trinajstić information content (AvgIpc) is 1.88. The van der Waals surface area contributed by atoms with Gasteiger partial charge in [-0.05, 0) is 19.8 Å². The maximum atomic E-state index is 10.7. The molecular weight excluding hydrogens is 124 g/mol. The maximum Gasteiger partial charge on any atom is 0.132 e. The van der Waals surface area contributed by atoms with Crippen molar-refractivity contribution >= 4 is 5.78 Å². The van der Waals surface area contributed by atoms with Crippen molar-refractivity contribution in [2.45, 2.75) is 33.1 Å². The molecule has 0 aliphatic carbocycles. The highest BCUT2D eigenvalue weighted by atomic mass is 16.1. The fourth-order valence-electron chi connectivity index (χ4n) is 0.714. The van der Waals surface area contributed by atoms with Crippen LogP contribution in [0.15, 0.2) is 0 Å². The third-order valence-electron chi connectivity index (χ3n) is 1.65. The van der Waals surface area contributed by atoms with Gasteiger partial charge < -0.3 is 0 Å². The Morgan fingerprint density at radius 3 is 2.70 bits per heavy atom. The molecule has 0 saturated carbocycles. The molecule has 0 spiro atoms. The first-order valence-electron chi connectivity index (χ1n) is 3.62. The Kier molecular flexibility index (Phi) is 4.66. The summed E-state index contributed by atoms with van der Waals surface area (Å²) in [5, 5.41) is 0. The second-order valence-corrected chi connectivity index (χ2v) is 2.61. The van der Waals surface area contributed by atoms with Crippen molar-refractivity contribution < 1.29 is 4.79 Å². The lowest BCUT2D eigenvalue weighted by Crippen LogP contribution is -2.05. The molecule has 1 unspecified atom stereocenters. The van der Waals surface area contributed by atoms with E-state index in [0.717, 1.165) is 19.3 Å². The summed E-state index contributed by atoms with van der Waals surface area (Å²) in [5.74, 6) is 3.00. The van der Waals surface area contributed by atoms with E-state index in [-0.39, 0.29) is 11.7 Å². The Bertz CT molecular complexity index is 141. The van der Waals surface area contributed by atoms with Gasteiger partial charge >= 0.3 is 0 Å². The highest BCUT2D eigenvalue weighted by Gasteiger charge is 2.05. The molecule has 0 saturated heterocycles. The van der Waals surface area contributed by atoms with Crippen molar-refractivity contribution in [3.05, 3.63) is 0 Å². The predicted octanol–water partition coefficient (Wildman–Crippen LogP) is 2.01. The van der Waals surface area contributed by atoms with E-state index >= 15 is 0 Å². The Labute approximate surface area is 62.8 Å². The fourth-order valence-corrected chi connectivity index (χ4v) is 0.714. The van der Waals surface area contributed by atoms with E-state index in [1.165, 1.54) is 0 Å². The molecule has 0 heterocycles. The van der Waals surface area contributed by atoms with Crippen molar-refractivity contribution in [3.63, 3.8) is 0 Å². The second-order valence-electron chi connectivity index (χ2n) is 2.61. The molecule has 1 heteroatoms. The summed E-state index contributed by atoms with van der Waals surface area (Å²) in [6.45, 7) is 3.57. The molecule has 0 amide bonds. The van der Waals surface area contributed by atoms with Gasteiger partial charge in [0.05, 0.1) is 0 Å². The number of hydrogen-bond donors (Lipinski definition) is 0. The summed E-state index contributed by atoms with van der Waals surface area (Å²) in [6, 6.07) is 0. The highest BCUT2D eigenvalue weighted by molar-refractivity contribution is 5.77. The normalized spacial score (nSPS) is 12.1. The Morgan fingerprint density at radius 1 is 1.70 bits per heavy atom. The van der Waals surface area contributed by atoms with Crippen LogP contribution >= 0.6 is 0 Å². The molecule has 0 aromatic carbocycles. The lowest BCUT2D eigenvalue weighted by atomic mass is 10.0. The lowest BCUT2D eigenvalue weighted by molar-refractivity contribution is -0.120. The predicted molar refractivity (Wildman–Crippen MR) is 42.5 cm³/mol. The molecule has 0 aliphatic rings. The van der Waals surface area contributed by atoms with Gasteiger partial charge in [-0.2, -0.15) is 0 Å². The van der Waals surface area contributed by atoms with Gasteiger partial charge in [0.2, 0.25) is 0 Å². The SMILES string of the molecule is C#CCCCC(C)C(C)=O. The van der Waals surface area contributed by atoms with Crippen LogP contribution in [0.25, 0.3) is 0 Å². The number of carbonyl (C=O) groups is 1. The Morgan fingerprint density at radius 2 is 2.30 bits per heavy atom. The monoisotopic (exact) mass is 138 g/mol. The number of carbonyl (C=O) groups excluding carboxylic acids is 1. The first kappa shape index (κ1) is 9.23. The minimum absolute atomic E-state index is 0.188. The molecule has 0 rings (SSSR count). The summed E-state index contributed by atoms with van der Waals surface area (Å²) in [6.07, 6.45) is 7.74. The molecule has 0 radical (unpaired) electrons. The van der Waals surface area contributed by atoms with Crippen LogP contribution in [0.3, 0.4) is 0 Å². The zero-order valence-corrected chi connectivity index (χ0v) is 6.68. The van der Waals surface area contributed by atoms with E-state index in [1.54, 1.807) is 6.92 Å². The minimum atomic E-state index is 0.188. The maximum absolute atomic E-state index is 10.7. The van der Waals surface area contributed by atoms with E-state index in [0.29, 0.717) is 0 Å². The van der Waals surface area contributed by atoms with Gasteiger partial charge in [-0.25, -0.2) is 0 Å². The molecule has 0 N–H and O–H groups in total. The van der Waals surface area contributed by atoms with E-state index in [1.807, 2.05) is 6.92 Å². The van der Waals surface area contributed by atoms with Crippen molar-refractivity contribution in [1.29, 1.82) is 0 Å². The molecule has 1 atom stereocenters. The molecule has 0 fully saturated rings. The van der Waals surface area contributed by atoms with E-state index in [9.17, 15) is 4.79 Å². The molecule has 0 aliphatic heterocycles. The third kappa shape index (κ3) is 4.14. The zero-order valence-electron chi connectivity index (χ0n) is 6.68. The van der Waals surface area contributed by atoms with Crippen LogP contribution in [-0.4, -0.2) is 5.78 Å². The summed E-state index contributed by atoms with van der Waals surface area (Å²) < 4.78 is 0. The topological polar surface area (TPSA) is 17.1 Å². The van der Waals surface area contributed by atoms with Crippen molar-refractivity contribution in [2.24, 2.45) is 5.92 Å². The number of rotatable bonds is 4. The van der Waals surface area contributed by atoms with Crippen LogP contribution < -0.4 is 0 Å². The summed E-state index contributed by atoms with van der Waals surface area (Å²) in [4.78, 5) is 10.7. The number of hydrogen-bond acceptors (Lipinski definition) is 1. The standard InChI is InChI=1S/C9H14O/c1-4-5-6-7-8(2)9(3)10/h1,8H,5-7H2,2-3H3. The van der Waals surface area contributed by atoms with Gasteiger partial charge in [0, 0.05) is 12.3 Å². The van der Waals surface area contributed by atoms with Crippen LogP contribution in [0, 0.1) is 18.3 Å². The average molecular weight is 138 g/mol. The van der Waals surface area contributed by atoms with Crippen LogP contribution in [0.5, 0.6) is 0 Å². The molecule has 56 valence electrons. The van der Waals surface area contributed by atoms with Crippen LogP contribution in [0.2, 0.25) is 0 Å². The van der Waals surface area contributed by atoms with Gasteiger partial charge in [0.15, 0.2) is 0 Å². The second kappa shape index (κ2) is 5.05. The van der Waals surface area contributed by atoms with E-state index < -0.39 is 0 Å². The first-order chi connectivity index (χ1) is 4.68. The summed E-state index contributed by atoms with van der Waals surface area (Å²) in [5.41, 5.74) is 0. The van der Waals surface area contributed by atoms with Crippen LogP contribution in [0.1, 0.15) is 33.1 Å². The third-order valence-corrected chi connectivity index (χ3v) is 1.65. The van der Waals surface area contributed by atoms with Crippen molar-refractivity contribution in [3.8, 4) is 12.3 Å². The van der Waals surface area contributed by atoms with Crippen LogP contribution in [-0.2, 0) is 4.79 Å². The molecule has 0 bridgehead atoms. The van der Waals surface area contributed by atoms with Crippen molar-refractivity contribution in [2.75, 3.05) is 0 Å². The molecule has 10 heavy (non-hydrogen) atoms. The molecule has 1 nitrogen and oxygen atoms in total. The first-order valence-corrected chi connectivity index (χ1v) is 3.62. The van der Waals surface area contributed by atoms with Gasteiger partial charge in [-0.1, -0.05) is 6.92 Å².